The largest absolute Gasteiger partial charge is 0.396 e. The molecule has 24 heavy (non-hydrogen) atoms. The van der Waals surface area contributed by atoms with E-state index in [4.69, 9.17) is 5.11 Å². The Morgan fingerprint density at radius 3 is 2.38 bits per heavy atom. The van der Waals surface area contributed by atoms with Crippen LogP contribution in [0.4, 0.5) is 0 Å². The Kier molecular flexibility index (Phi) is 17.8. The molecule has 0 unspecified atom stereocenters. The van der Waals surface area contributed by atoms with Gasteiger partial charge in [-0.1, -0.05) is 44.8 Å². The van der Waals surface area contributed by atoms with Gasteiger partial charge in [-0.3, -0.25) is 4.79 Å². The van der Waals surface area contributed by atoms with Gasteiger partial charge in [0.1, 0.15) is 0 Å². The van der Waals surface area contributed by atoms with Gasteiger partial charge in [-0.15, -0.1) is 0 Å². The van der Waals surface area contributed by atoms with Crippen molar-refractivity contribution in [2.75, 3.05) is 32.8 Å². The van der Waals surface area contributed by atoms with Crippen LogP contribution in [-0.4, -0.2) is 48.7 Å². The first-order valence-electron chi connectivity index (χ1n) is 9.95. The molecule has 0 saturated carbocycles. The maximum absolute atomic E-state index is 11.8. The SMILES string of the molecule is C/C=C/CCCCC(=O)NCCN(CC)CCCCCCCCO. The second-order valence-electron chi connectivity index (χ2n) is 6.44. The van der Waals surface area contributed by atoms with Gasteiger partial charge in [-0.2, -0.15) is 0 Å². The third-order valence-corrected chi connectivity index (χ3v) is 4.34. The fraction of sp³-hybridized carbons (Fsp3) is 0.850. The van der Waals surface area contributed by atoms with Crippen molar-refractivity contribution in [1.29, 1.82) is 0 Å². The summed E-state index contributed by atoms with van der Waals surface area (Å²) in [5.74, 6) is 0.190. The zero-order chi connectivity index (χ0) is 17.9. The van der Waals surface area contributed by atoms with Crippen molar-refractivity contribution >= 4 is 5.91 Å². The fourth-order valence-electron chi connectivity index (χ4n) is 2.74. The quantitative estimate of drug-likeness (QED) is 0.312. The molecule has 0 bridgehead atoms. The van der Waals surface area contributed by atoms with Gasteiger partial charge < -0.3 is 15.3 Å². The predicted molar refractivity (Wildman–Crippen MR) is 103 cm³/mol. The molecule has 0 aromatic rings. The Labute approximate surface area is 149 Å². The fourth-order valence-corrected chi connectivity index (χ4v) is 2.74. The van der Waals surface area contributed by atoms with E-state index in [-0.39, 0.29) is 5.91 Å². The van der Waals surface area contributed by atoms with Crippen molar-refractivity contribution < 1.29 is 9.90 Å². The molecule has 0 heterocycles. The summed E-state index contributed by atoms with van der Waals surface area (Å²) in [7, 11) is 0. The molecule has 0 fully saturated rings. The molecule has 0 aliphatic rings. The molecular formula is C20H40N2O2. The summed E-state index contributed by atoms with van der Waals surface area (Å²) in [6, 6.07) is 0. The normalized spacial score (nSPS) is 11.5. The second-order valence-corrected chi connectivity index (χ2v) is 6.44. The van der Waals surface area contributed by atoms with Gasteiger partial charge in [0, 0.05) is 26.1 Å². The Bertz CT molecular complexity index is 306. The van der Waals surface area contributed by atoms with Crippen LogP contribution in [-0.2, 0) is 4.79 Å². The van der Waals surface area contributed by atoms with Crippen LogP contribution < -0.4 is 5.32 Å². The first-order valence-corrected chi connectivity index (χ1v) is 9.95. The summed E-state index contributed by atoms with van der Waals surface area (Å²) in [4.78, 5) is 14.2. The number of hydrogen-bond donors (Lipinski definition) is 2. The number of carbonyl (C=O) groups excluding carboxylic acids is 1. The zero-order valence-corrected chi connectivity index (χ0v) is 16.1. The number of unbranched alkanes of at least 4 members (excludes halogenated alkanes) is 7. The minimum atomic E-state index is 0.190. The molecule has 0 radical (unpaired) electrons. The van der Waals surface area contributed by atoms with Crippen LogP contribution in [0.5, 0.6) is 0 Å². The number of hydrogen-bond acceptors (Lipinski definition) is 3. The molecule has 0 aromatic carbocycles. The van der Waals surface area contributed by atoms with Crippen LogP contribution in [0.3, 0.4) is 0 Å². The number of nitrogens with zero attached hydrogens (tertiary/aromatic N) is 1. The number of nitrogens with one attached hydrogen (secondary N) is 1. The Balaban J connectivity index is 3.51. The monoisotopic (exact) mass is 340 g/mol. The standard InChI is InChI=1S/C20H40N2O2/c1-3-5-6-9-12-15-20(24)21-16-18-22(4-2)17-13-10-7-8-11-14-19-23/h3,5,23H,4,6-19H2,1-2H3,(H,21,24)/b5-3+. The van der Waals surface area contributed by atoms with Crippen LogP contribution in [0, 0.1) is 0 Å². The third-order valence-electron chi connectivity index (χ3n) is 4.34. The van der Waals surface area contributed by atoms with Crippen molar-refractivity contribution in [3.05, 3.63) is 12.2 Å². The average Bonchev–Trinajstić information content (AvgIpc) is 2.59. The maximum Gasteiger partial charge on any atom is 0.220 e. The van der Waals surface area contributed by atoms with E-state index >= 15 is 0 Å². The van der Waals surface area contributed by atoms with Gasteiger partial charge in [0.25, 0.3) is 0 Å². The second kappa shape index (κ2) is 18.5. The summed E-state index contributed by atoms with van der Waals surface area (Å²) in [5, 5.41) is 11.8. The highest BCUT2D eigenvalue weighted by molar-refractivity contribution is 5.75. The lowest BCUT2D eigenvalue weighted by Gasteiger charge is -2.20. The molecule has 0 rings (SSSR count). The minimum absolute atomic E-state index is 0.190. The number of amides is 1. The van der Waals surface area contributed by atoms with Crippen LogP contribution in [0.15, 0.2) is 12.2 Å². The number of aliphatic hydroxyl groups excluding tert-OH is 1. The first kappa shape index (κ1) is 23.1. The van der Waals surface area contributed by atoms with Crippen LogP contribution >= 0.6 is 0 Å². The lowest BCUT2D eigenvalue weighted by Crippen LogP contribution is -2.35. The van der Waals surface area contributed by atoms with E-state index in [1.54, 1.807) is 0 Å². The summed E-state index contributed by atoms with van der Waals surface area (Å²) in [6.07, 6.45) is 15.1. The van der Waals surface area contributed by atoms with Gasteiger partial charge in [0.15, 0.2) is 0 Å². The van der Waals surface area contributed by atoms with Crippen molar-refractivity contribution in [2.45, 2.75) is 78.1 Å². The molecule has 1 amide bonds. The highest BCUT2D eigenvalue weighted by Crippen LogP contribution is 2.06. The number of aliphatic hydroxyl groups is 1. The smallest absolute Gasteiger partial charge is 0.220 e. The minimum Gasteiger partial charge on any atom is -0.396 e. The summed E-state index contributed by atoms with van der Waals surface area (Å²) < 4.78 is 0. The van der Waals surface area contributed by atoms with Crippen LogP contribution in [0.2, 0.25) is 0 Å². The molecule has 2 N–H and O–H groups in total. The van der Waals surface area contributed by atoms with E-state index in [9.17, 15) is 4.79 Å². The highest BCUT2D eigenvalue weighted by atomic mass is 16.2. The molecule has 4 heteroatoms. The van der Waals surface area contributed by atoms with E-state index in [1.165, 1.54) is 25.7 Å². The first-order chi connectivity index (χ1) is 11.7. The summed E-state index contributed by atoms with van der Waals surface area (Å²) in [5.41, 5.74) is 0. The Morgan fingerprint density at radius 2 is 1.71 bits per heavy atom. The number of carbonyl (C=O) groups is 1. The van der Waals surface area contributed by atoms with E-state index < -0.39 is 0 Å². The third kappa shape index (κ3) is 16.0. The molecule has 0 aliphatic carbocycles. The average molecular weight is 341 g/mol. The number of likely N-dealkylation sites (N-methyl/N-ethyl adjacent to an activating group) is 1. The molecule has 142 valence electrons. The van der Waals surface area contributed by atoms with Crippen molar-refractivity contribution in [2.24, 2.45) is 0 Å². The van der Waals surface area contributed by atoms with Gasteiger partial charge in [0.2, 0.25) is 5.91 Å². The number of allylic oxidation sites excluding steroid dienone is 2. The Hall–Kier alpha value is -0.870. The molecule has 0 atom stereocenters. The summed E-state index contributed by atoms with van der Waals surface area (Å²) in [6.45, 7) is 8.42. The zero-order valence-electron chi connectivity index (χ0n) is 16.1. The molecule has 4 nitrogen and oxygen atoms in total. The van der Waals surface area contributed by atoms with Gasteiger partial charge in [-0.05, 0) is 52.1 Å². The van der Waals surface area contributed by atoms with E-state index in [2.05, 4.69) is 29.3 Å². The maximum atomic E-state index is 11.8. The van der Waals surface area contributed by atoms with Gasteiger partial charge in [0.05, 0.1) is 0 Å². The molecule has 0 saturated heterocycles. The summed E-state index contributed by atoms with van der Waals surface area (Å²) >= 11 is 0. The van der Waals surface area contributed by atoms with Gasteiger partial charge >= 0.3 is 0 Å². The van der Waals surface area contributed by atoms with Gasteiger partial charge in [-0.25, -0.2) is 0 Å². The molecule has 0 aromatic heterocycles. The molecular weight excluding hydrogens is 300 g/mol. The lowest BCUT2D eigenvalue weighted by molar-refractivity contribution is -0.121. The predicted octanol–water partition coefficient (Wildman–Crippen LogP) is 3.89. The van der Waals surface area contributed by atoms with E-state index in [1.807, 2.05) is 6.92 Å². The van der Waals surface area contributed by atoms with Crippen LogP contribution in [0.1, 0.15) is 78.1 Å². The molecule has 0 aliphatic heterocycles. The van der Waals surface area contributed by atoms with Crippen molar-refractivity contribution in [3.63, 3.8) is 0 Å². The van der Waals surface area contributed by atoms with Crippen LogP contribution in [0.25, 0.3) is 0 Å². The topological polar surface area (TPSA) is 52.6 Å². The van der Waals surface area contributed by atoms with Crippen molar-refractivity contribution in [3.8, 4) is 0 Å². The lowest BCUT2D eigenvalue weighted by atomic mass is 10.1. The van der Waals surface area contributed by atoms with Crippen molar-refractivity contribution in [1.82, 2.24) is 10.2 Å². The van der Waals surface area contributed by atoms with E-state index in [0.717, 1.165) is 58.3 Å². The highest BCUT2D eigenvalue weighted by Gasteiger charge is 2.04. The molecule has 0 spiro atoms. The Morgan fingerprint density at radius 1 is 1.00 bits per heavy atom. The van der Waals surface area contributed by atoms with E-state index in [0.29, 0.717) is 13.0 Å². The number of rotatable bonds is 17.